The Balaban J connectivity index is 1.18. The van der Waals surface area contributed by atoms with Crippen LogP contribution in [-0.2, 0) is 4.79 Å². The number of aromatic nitrogens is 5. The van der Waals surface area contributed by atoms with Gasteiger partial charge in [0.05, 0.1) is 24.0 Å². The molecule has 0 aliphatic carbocycles. The van der Waals surface area contributed by atoms with E-state index in [2.05, 4.69) is 37.3 Å². The fourth-order valence-corrected chi connectivity index (χ4v) is 5.07. The maximum atomic E-state index is 15.3. The van der Waals surface area contributed by atoms with E-state index >= 15 is 4.39 Å². The van der Waals surface area contributed by atoms with E-state index in [1.165, 1.54) is 41.5 Å². The number of methoxy groups -OCH3 is 1. The Kier molecular flexibility index (Phi) is 8.23. The minimum Gasteiger partial charge on any atom is -0.495 e. The van der Waals surface area contributed by atoms with Gasteiger partial charge in [-0.3, -0.25) is 4.79 Å². The maximum Gasteiger partial charge on any atom is 0.245 e. The SMILES string of the molecule is C=CC(=O)N1CCC(Nc2cc3c(Nc4ccc(Oc5ccn(-c6cc(F)c(C)cn6)n5)cc4F)ncnc3cc2OC)CC1. The van der Waals surface area contributed by atoms with Crippen LogP contribution in [0, 0.1) is 18.6 Å². The smallest absolute Gasteiger partial charge is 0.245 e. The molecule has 2 N–H and O–H groups in total. The van der Waals surface area contributed by atoms with Crippen molar-refractivity contribution >= 4 is 34.0 Å². The summed E-state index contributed by atoms with van der Waals surface area (Å²) in [6.45, 7) is 6.44. The molecule has 1 saturated heterocycles. The second-order valence-corrected chi connectivity index (χ2v) is 10.5. The molecular formula is C32H30F2N8O3. The molecule has 1 amide bonds. The summed E-state index contributed by atoms with van der Waals surface area (Å²) in [7, 11) is 1.58. The largest absolute Gasteiger partial charge is 0.495 e. The summed E-state index contributed by atoms with van der Waals surface area (Å²) in [4.78, 5) is 26.7. The Morgan fingerprint density at radius 3 is 2.60 bits per heavy atom. The van der Waals surface area contributed by atoms with Gasteiger partial charge < -0.3 is 25.0 Å². The van der Waals surface area contributed by atoms with Gasteiger partial charge in [-0.1, -0.05) is 6.58 Å². The van der Waals surface area contributed by atoms with E-state index in [0.29, 0.717) is 41.1 Å². The Labute approximate surface area is 257 Å². The molecule has 0 atom stereocenters. The summed E-state index contributed by atoms with van der Waals surface area (Å²) in [6.07, 6.45) is 7.24. The highest BCUT2D eigenvalue weighted by Gasteiger charge is 2.23. The van der Waals surface area contributed by atoms with Crippen molar-refractivity contribution < 1.29 is 23.0 Å². The Morgan fingerprint density at radius 1 is 1.04 bits per heavy atom. The molecule has 2 aromatic carbocycles. The van der Waals surface area contributed by atoms with E-state index in [-0.39, 0.29) is 35.1 Å². The monoisotopic (exact) mass is 612 g/mol. The van der Waals surface area contributed by atoms with Crippen LogP contribution in [0.4, 0.5) is 26.0 Å². The molecule has 0 saturated carbocycles. The van der Waals surface area contributed by atoms with Gasteiger partial charge in [-0.05, 0) is 44.0 Å². The highest BCUT2D eigenvalue weighted by atomic mass is 19.1. The van der Waals surface area contributed by atoms with Crippen molar-refractivity contribution in [2.24, 2.45) is 0 Å². The number of likely N-dealkylation sites (tertiary alicyclic amines) is 1. The van der Waals surface area contributed by atoms with E-state index in [0.717, 1.165) is 18.5 Å². The summed E-state index contributed by atoms with van der Waals surface area (Å²) in [6, 6.07) is 11.0. The first-order valence-electron chi connectivity index (χ1n) is 14.2. The van der Waals surface area contributed by atoms with Gasteiger partial charge in [0.15, 0.2) is 5.82 Å². The van der Waals surface area contributed by atoms with Crippen LogP contribution in [0.1, 0.15) is 18.4 Å². The van der Waals surface area contributed by atoms with Crippen LogP contribution in [0.5, 0.6) is 17.4 Å². The van der Waals surface area contributed by atoms with Gasteiger partial charge >= 0.3 is 0 Å². The maximum absolute atomic E-state index is 15.3. The lowest BCUT2D eigenvalue weighted by Gasteiger charge is -2.32. The van der Waals surface area contributed by atoms with Crippen LogP contribution in [0.15, 0.2) is 73.8 Å². The Bertz CT molecular complexity index is 1890. The van der Waals surface area contributed by atoms with Crippen LogP contribution in [0.3, 0.4) is 0 Å². The molecule has 45 heavy (non-hydrogen) atoms. The van der Waals surface area contributed by atoms with E-state index < -0.39 is 11.6 Å². The van der Waals surface area contributed by atoms with Crippen molar-refractivity contribution in [2.75, 3.05) is 30.8 Å². The zero-order chi connectivity index (χ0) is 31.5. The third-order valence-corrected chi connectivity index (χ3v) is 7.54. The van der Waals surface area contributed by atoms with E-state index in [1.54, 1.807) is 43.3 Å². The fourth-order valence-electron chi connectivity index (χ4n) is 5.07. The van der Waals surface area contributed by atoms with Gasteiger partial charge in [-0.25, -0.2) is 28.4 Å². The number of nitrogens with one attached hydrogen (secondary N) is 2. The number of amides is 1. The third-order valence-electron chi connectivity index (χ3n) is 7.54. The van der Waals surface area contributed by atoms with Crippen molar-refractivity contribution in [3.63, 3.8) is 0 Å². The molecule has 4 heterocycles. The zero-order valence-corrected chi connectivity index (χ0v) is 24.6. The van der Waals surface area contributed by atoms with Gasteiger partial charge in [-0.15, -0.1) is 5.10 Å². The molecule has 1 fully saturated rings. The third kappa shape index (κ3) is 6.37. The molecule has 0 spiro atoms. The van der Waals surface area contributed by atoms with Gasteiger partial charge in [0.25, 0.3) is 0 Å². The minimum absolute atomic E-state index is 0.0688. The first kappa shape index (κ1) is 29.5. The van der Waals surface area contributed by atoms with Crippen molar-refractivity contribution in [1.82, 2.24) is 29.6 Å². The average molecular weight is 613 g/mol. The minimum atomic E-state index is -0.575. The lowest BCUT2D eigenvalue weighted by Crippen LogP contribution is -2.41. The van der Waals surface area contributed by atoms with Crippen LogP contribution in [0.2, 0.25) is 0 Å². The molecule has 6 rings (SSSR count). The molecule has 13 heteroatoms. The number of carbonyl (C=O) groups is 1. The highest BCUT2D eigenvalue weighted by Crippen LogP contribution is 2.35. The number of hydrogen-bond acceptors (Lipinski definition) is 9. The zero-order valence-electron chi connectivity index (χ0n) is 24.6. The second kappa shape index (κ2) is 12.6. The molecule has 0 unspecified atom stereocenters. The molecule has 3 aromatic heterocycles. The summed E-state index contributed by atoms with van der Waals surface area (Å²) in [5.41, 5.74) is 1.95. The molecule has 1 aliphatic heterocycles. The number of pyridine rings is 1. The Hall–Kier alpha value is -5.59. The lowest BCUT2D eigenvalue weighted by molar-refractivity contribution is -0.126. The van der Waals surface area contributed by atoms with E-state index in [1.807, 2.05) is 6.07 Å². The number of hydrogen-bond donors (Lipinski definition) is 2. The molecular weight excluding hydrogens is 582 g/mol. The first-order valence-corrected chi connectivity index (χ1v) is 14.2. The number of anilines is 3. The quantitative estimate of drug-likeness (QED) is 0.195. The van der Waals surface area contributed by atoms with Gasteiger partial charge in [0, 0.05) is 66.7 Å². The van der Waals surface area contributed by atoms with Crippen LogP contribution >= 0.6 is 0 Å². The van der Waals surface area contributed by atoms with Crippen LogP contribution in [0.25, 0.3) is 16.7 Å². The number of ether oxygens (including phenoxy) is 2. The highest BCUT2D eigenvalue weighted by molar-refractivity contribution is 5.95. The number of rotatable bonds is 9. The average Bonchev–Trinajstić information content (AvgIpc) is 3.52. The fraction of sp³-hybridized carbons (Fsp3) is 0.219. The topological polar surface area (TPSA) is 119 Å². The van der Waals surface area contributed by atoms with Crippen molar-refractivity contribution in [2.45, 2.75) is 25.8 Å². The van der Waals surface area contributed by atoms with Crippen LogP contribution in [-0.4, -0.2) is 61.8 Å². The second-order valence-electron chi connectivity index (χ2n) is 10.5. The predicted octanol–water partition coefficient (Wildman–Crippen LogP) is 5.93. The number of carbonyl (C=O) groups excluding carboxylic acids is 1. The molecule has 5 aromatic rings. The summed E-state index contributed by atoms with van der Waals surface area (Å²) < 4.78 is 42.0. The first-order chi connectivity index (χ1) is 21.8. The van der Waals surface area contributed by atoms with Gasteiger partial charge in [0.1, 0.15) is 35.3 Å². The van der Waals surface area contributed by atoms with Crippen molar-refractivity contribution in [1.29, 1.82) is 0 Å². The molecule has 0 radical (unpaired) electrons. The molecule has 230 valence electrons. The summed E-state index contributed by atoms with van der Waals surface area (Å²) in [5, 5.41) is 11.5. The molecule has 1 aliphatic rings. The number of piperidine rings is 1. The van der Waals surface area contributed by atoms with Crippen molar-refractivity contribution in [3.05, 3.63) is 91.0 Å². The number of nitrogens with zero attached hydrogens (tertiary/aromatic N) is 6. The lowest BCUT2D eigenvalue weighted by atomic mass is 10.0. The number of halogens is 2. The van der Waals surface area contributed by atoms with E-state index in [9.17, 15) is 9.18 Å². The van der Waals surface area contributed by atoms with Crippen molar-refractivity contribution in [3.8, 4) is 23.2 Å². The standard InChI is InChI=1S/C32H30F2N8O3/c1-4-31(43)41-10-7-20(8-11-41)38-27-14-22-26(16-28(27)44-3)36-18-37-32(22)39-25-6-5-21(13-24(25)34)45-30-9-12-42(40-30)29-15-23(33)19(2)17-35-29/h4-6,9,12-18,20,38H,1,7-8,10-11H2,2-3H3,(H,36,37,39). The summed E-state index contributed by atoms with van der Waals surface area (Å²) in [5.74, 6) is 0.663. The molecule has 0 bridgehead atoms. The van der Waals surface area contributed by atoms with E-state index in [4.69, 9.17) is 9.47 Å². The normalized spacial score (nSPS) is 13.5. The Morgan fingerprint density at radius 2 is 1.87 bits per heavy atom. The predicted molar refractivity (Wildman–Crippen MR) is 165 cm³/mol. The number of aryl methyl sites for hydroxylation is 1. The van der Waals surface area contributed by atoms with Gasteiger partial charge in [-0.2, -0.15) is 0 Å². The summed E-state index contributed by atoms with van der Waals surface area (Å²) >= 11 is 0. The number of fused-ring (bicyclic) bond motifs is 1. The van der Waals surface area contributed by atoms with Crippen LogP contribution < -0.4 is 20.1 Å². The molecule has 11 nitrogen and oxygen atoms in total. The number of benzene rings is 2. The van der Waals surface area contributed by atoms with Gasteiger partial charge in [0.2, 0.25) is 11.8 Å².